The number of carbonyl (C=O) groups excluding carboxylic acids is 3. The molecule has 1 N–H and O–H groups in total. The third kappa shape index (κ3) is 3.61. The first kappa shape index (κ1) is 19.9. The minimum atomic E-state index is -1.17. The molecule has 154 valence electrons. The van der Waals surface area contributed by atoms with Crippen molar-refractivity contribution in [3.8, 4) is 0 Å². The van der Waals surface area contributed by atoms with Crippen LogP contribution >= 0.6 is 0 Å². The molecule has 2 aliphatic rings. The quantitative estimate of drug-likeness (QED) is 0.751. The van der Waals surface area contributed by atoms with Gasteiger partial charge in [0.25, 0.3) is 5.91 Å². The number of hydrogen-bond acceptors (Lipinski definition) is 4. The van der Waals surface area contributed by atoms with E-state index in [0.29, 0.717) is 24.2 Å². The van der Waals surface area contributed by atoms with Crippen LogP contribution in [0, 0.1) is 23.7 Å². The monoisotopic (exact) mass is 403 g/mol. The van der Waals surface area contributed by atoms with Crippen LogP contribution in [-0.4, -0.2) is 24.3 Å². The lowest BCUT2D eigenvalue weighted by Gasteiger charge is -2.27. The van der Waals surface area contributed by atoms with Crippen LogP contribution in [-0.2, 0) is 9.59 Å². The van der Waals surface area contributed by atoms with E-state index in [1.54, 1.807) is 29.2 Å². The minimum absolute atomic E-state index is 0.0669. The highest BCUT2D eigenvalue weighted by Crippen LogP contribution is 2.48. The van der Waals surface area contributed by atoms with Crippen LogP contribution in [0.4, 0.5) is 11.4 Å². The molecule has 0 aliphatic heterocycles. The molecule has 6 heteroatoms. The molecule has 2 aromatic carbocycles. The fraction of sp³-hybridized carbons (Fsp3) is 0.292. The highest BCUT2D eigenvalue weighted by atomic mass is 16.4. The number of nitrogens with zero attached hydrogens (tertiary/aromatic N) is 1. The number of fused-ring (bicyclic) bond motifs is 2. The van der Waals surface area contributed by atoms with Gasteiger partial charge in [-0.05, 0) is 61.6 Å². The standard InChI is InChI=1S/C24H24N2O4/c1-2-26(19-6-4-3-5-7-19)23(28)15-10-12-18(13-11-15)25-22(27)20-16-8-9-17(14-16)21(20)24(29)30/h3-13,16-17,20-21H,2,14H2,1H3,(H,25,27)(H,29,30)/p-1/t16-,17-,20+,21-/m0/s1. The molecule has 0 spiro atoms. The number of hydrogen-bond donors (Lipinski definition) is 1. The second-order valence-electron chi connectivity index (χ2n) is 7.77. The molecule has 6 nitrogen and oxygen atoms in total. The van der Waals surface area contributed by atoms with Crippen molar-refractivity contribution in [3.05, 3.63) is 72.3 Å². The zero-order valence-electron chi connectivity index (χ0n) is 16.7. The van der Waals surface area contributed by atoms with Gasteiger partial charge in [-0.15, -0.1) is 0 Å². The highest BCUT2D eigenvalue weighted by Gasteiger charge is 2.48. The van der Waals surface area contributed by atoms with Gasteiger partial charge in [0.1, 0.15) is 0 Å². The highest BCUT2D eigenvalue weighted by molar-refractivity contribution is 6.06. The molecule has 2 aliphatic carbocycles. The van der Waals surface area contributed by atoms with Gasteiger partial charge >= 0.3 is 0 Å². The smallest absolute Gasteiger partial charge is 0.258 e. The van der Waals surface area contributed by atoms with Crippen molar-refractivity contribution in [3.63, 3.8) is 0 Å². The summed E-state index contributed by atoms with van der Waals surface area (Å²) in [7, 11) is 0. The Kier molecular flexibility index (Phi) is 5.40. The Morgan fingerprint density at radius 1 is 0.967 bits per heavy atom. The van der Waals surface area contributed by atoms with Gasteiger partial charge in [-0.2, -0.15) is 0 Å². The van der Waals surface area contributed by atoms with Crippen molar-refractivity contribution in [1.82, 2.24) is 0 Å². The molecular weight excluding hydrogens is 380 g/mol. The first-order valence-electron chi connectivity index (χ1n) is 10.2. The Balaban J connectivity index is 1.46. The lowest BCUT2D eigenvalue weighted by Crippen LogP contribution is -2.42. The Morgan fingerprint density at radius 2 is 1.60 bits per heavy atom. The molecule has 1 saturated carbocycles. The van der Waals surface area contributed by atoms with Gasteiger partial charge in [0.05, 0.1) is 5.92 Å². The number of para-hydroxylation sites is 1. The zero-order chi connectivity index (χ0) is 21.3. The van der Waals surface area contributed by atoms with Gasteiger partial charge in [0.2, 0.25) is 5.91 Å². The average Bonchev–Trinajstić information content (AvgIpc) is 3.37. The van der Waals surface area contributed by atoms with Gasteiger partial charge < -0.3 is 20.1 Å². The number of aliphatic carboxylic acids is 1. The van der Waals surface area contributed by atoms with Gasteiger partial charge in [0.15, 0.2) is 0 Å². The van der Waals surface area contributed by atoms with E-state index in [4.69, 9.17) is 0 Å². The van der Waals surface area contributed by atoms with Gasteiger partial charge in [-0.1, -0.05) is 30.4 Å². The normalized spacial score (nSPS) is 23.9. The molecule has 4 atom stereocenters. The van der Waals surface area contributed by atoms with Crippen LogP contribution < -0.4 is 15.3 Å². The second-order valence-corrected chi connectivity index (χ2v) is 7.77. The molecular formula is C24H23N2O4-. The van der Waals surface area contributed by atoms with Crippen LogP contribution in [0.15, 0.2) is 66.7 Å². The summed E-state index contributed by atoms with van der Waals surface area (Å²) < 4.78 is 0. The maximum absolute atomic E-state index is 12.9. The Morgan fingerprint density at radius 3 is 2.20 bits per heavy atom. The molecule has 0 saturated heterocycles. The van der Waals surface area contributed by atoms with E-state index in [2.05, 4.69) is 5.32 Å². The zero-order valence-corrected chi connectivity index (χ0v) is 16.7. The van der Waals surface area contributed by atoms with Crippen molar-refractivity contribution in [2.45, 2.75) is 13.3 Å². The number of rotatable bonds is 6. The summed E-state index contributed by atoms with van der Waals surface area (Å²) in [4.78, 5) is 38.8. The third-order valence-corrected chi connectivity index (χ3v) is 6.06. The van der Waals surface area contributed by atoms with Crippen molar-refractivity contribution in [2.75, 3.05) is 16.8 Å². The van der Waals surface area contributed by atoms with E-state index < -0.39 is 17.8 Å². The van der Waals surface area contributed by atoms with Crippen molar-refractivity contribution in [2.24, 2.45) is 23.7 Å². The fourth-order valence-electron chi connectivity index (χ4n) is 4.63. The van der Waals surface area contributed by atoms with Gasteiger partial charge in [-0.25, -0.2) is 0 Å². The van der Waals surface area contributed by atoms with Crippen molar-refractivity contribution >= 4 is 29.2 Å². The van der Waals surface area contributed by atoms with E-state index in [-0.39, 0.29) is 23.7 Å². The third-order valence-electron chi connectivity index (χ3n) is 6.06. The molecule has 2 amide bonds. The number of carbonyl (C=O) groups is 3. The second kappa shape index (κ2) is 8.14. The number of allylic oxidation sites excluding steroid dienone is 2. The predicted octanol–water partition coefficient (Wildman–Crippen LogP) is 2.48. The van der Waals surface area contributed by atoms with E-state index in [9.17, 15) is 19.5 Å². The maximum atomic E-state index is 12.9. The van der Waals surface area contributed by atoms with E-state index in [1.807, 2.05) is 49.4 Å². The number of nitrogens with one attached hydrogen (secondary N) is 1. The number of amides is 2. The van der Waals surface area contributed by atoms with Crippen LogP contribution in [0.25, 0.3) is 0 Å². The molecule has 0 aromatic heterocycles. The summed E-state index contributed by atoms with van der Waals surface area (Å²) in [5, 5.41) is 14.3. The molecule has 4 rings (SSSR count). The summed E-state index contributed by atoms with van der Waals surface area (Å²) in [5.74, 6) is -3.23. The number of carboxylic acids is 1. The maximum Gasteiger partial charge on any atom is 0.258 e. The molecule has 0 heterocycles. The molecule has 0 radical (unpaired) electrons. The molecule has 2 aromatic rings. The van der Waals surface area contributed by atoms with Crippen molar-refractivity contribution in [1.29, 1.82) is 0 Å². The lowest BCUT2D eigenvalue weighted by atomic mass is 9.82. The molecule has 2 bridgehead atoms. The summed E-state index contributed by atoms with van der Waals surface area (Å²) in [5.41, 5.74) is 1.86. The number of benzene rings is 2. The predicted molar refractivity (Wildman–Crippen MR) is 112 cm³/mol. The van der Waals surface area contributed by atoms with Gasteiger partial charge in [-0.3, -0.25) is 9.59 Å². The average molecular weight is 403 g/mol. The Labute approximate surface area is 175 Å². The summed E-state index contributed by atoms with van der Waals surface area (Å²) in [6, 6.07) is 16.1. The van der Waals surface area contributed by atoms with Crippen molar-refractivity contribution < 1.29 is 19.5 Å². The Bertz CT molecular complexity index is 984. The first-order valence-corrected chi connectivity index (χ1v) is 10.2. The first-order chi connectivity index (χ1) is 14.5. The Hall–Kier alpha value is -3.41. The minimum Gasteiger partial charge on any atom is -0.550 e. The van der Waals surface area contributed by atoms with E-state index >= 15 is 0 Å². The molecule has 1 fully saturated rings. The lowest BCUT2D eigenvalue weighted by molar-refractivity contribution is -0.313. The summed E-state index contributed by atoms with van der Waals surface area (Å²) >= 11 is 0. The van der Waals surface area contributed by atoms with Crippen LogP contribution in [0.1, 0.15) is 23.7 Å². The summed E-state index contributed by atoms with van der Waals surface area (Å²) in [6.45, 7) is 2.45. The SMILES string of the molecule is CCN(C(=O)c1ccc(NC(=O)[C@H]2[C@@H](C(=O)[O-])[C@H]3C=C[C@H]2C3)cc1)c1ccccc1. The molecule has 0 unspecified atom stereocenters. The van der Waals surface area contributed by atoms with E-state index in [1.165, 1.54) is 0 Å². The van der Waals surface area contributed by atoms with Crippen LogP contribution in [0.3, 0.4) is 0 Å². The largest absolute Gasteiger partial charge is 0.550 e. The fourth-order valence-corrected chi connectivity index (χ4v) is 4.63. The van der Waals surface area contributed by atoms with E-state index in [0.717, 1.165) is 5.69 Å². The summed E-state index contributed by atoms with van der Waals surface area (Å²) in [6.07, 6.45) is 4.48. The van der Waals surface area contributed by atoms with Crippen LogP contribution in [0.2, 0.25) is 0 Å². The van der Waals surface area contributed by atoms with Gasteiger partial charge in [0, 0.05) is 35.4 Å². The topological polar surface area (TPSA) is 89.5 Å². The molecule has 30 heavy (non-hydrogen) atoms. The van der Waals surface area contributed by atoms with Crippen LogP contribution in [0.5, 0.6) is 0 Å². The number of carboxylic acid groups (broad SMARTS) is 1. The number of anilines is 2.